The third-order valence-corrected chi connectivity index (χ3v) is 4.19. The number of nitrogens with two attached hydrogens (primary N) is 1. The van der Waals surface area contributed by atoms with Crippen LogP contribution in [0.5, 0.6) is 0 Å². The summed E-state index contributed by atoms with van der Waals surface area (Å²) in [6, 6.07) is 6.47. The second kappa shape index (κ2) is 6.64. The monoisotopic (exact) mass is 297 g/mol. The molecule has 0 atom stereocenters. The summed E-state index contributed by atoms with van der Waals surface area (Å²) >= 11 is 0. The van der Waals surface area contributed by atoms with Gasteiger partial charge < -0.3 is 11.1 Å². The molecular weight excluding hydrogens is 274 g/mol. The number of nitrogens with zero attached hydrogens (tertiary/aromatic N) is 2. The zero-order valence-electron chi connectivity index (χ0n) is 13.0. The Labute approximate surface area is 131 Å². The van der Waals surface area contributed by atoms with E-state index in [0.29, 0.717) is 12.5 Å². The quantitative estimate of drug-likeness (QED) is 0.451. The van der Waals surface area contributed by atoms with Gasteiger partial charge in [-0.2, -0.15) is 5.10 Å². The van der Waals surface area contributed by atoms with Crippen LogP contribution in [0.25, 0.3) is 0 Å². The van der Waals surface area contributed by atoms with Gasteiger partial charge in [0.25, 0.3) is 0 Å². The topological polar surface area (TPSA) is 79.1 Å². The minimum atomic E-state index is 0.488. The molecule has 4 N–H and O–H groups in total. The Morgan fingerprint density at radius 1 is 1.36 bits per heavy atom. The zero-order chi connectivity index (χ0) is 15.4. The van der Waals surface area contributed by atoms with Gasteiger partial charge in [-0.3, -0.25) is 10.1 Å². The lowest BCUT2D eigenvalue weighted by Crippen LogP contribution is -2.23. The van der Waals surface area contributed by atoms with Gasteiger partial charge in [-0.25, -0.2) is 0 Å². The van der Waals surface area contributed by atoms with Crippen LogP contribution in [-0.4, -0.2) is 22.7 Å². The average Bonchev–Trinajstić information content (AvgIpc) is 3.12. The van der Waals surface area contributed by atoms with E-state index in [9.17, 15) is 0 Å². The molecule has 2 aromatic rings. The molecule has 0 saturated heterocycles. The third-order valence-electron chi connectivity index (χ3n) is 4.19. The first-order chi connectivity index (χ1) is 10.7. The molecule has 22 heavy (non-hydrogen) atoms. The second-order valence-corrected chi connectivity index (χ2v) is 5.85. The number of fused-ring (bicyclic) bond motifs is 1. The molecule has 1 aliphatic rings. The van der Waals surface area contributed by atoms with Crippen molar-refractivity contribution in [1.29, 1.82) is 0 Å². The lowest BCUT2D eigenvalue weighted by Gasteiger charge is -2.08. The van der Waals surface area contributed by atoms with Gasteiger partial charge in [-0.1, -0.05) is 6.07 Å². The van der Waals surface area contributed by atoms with Crippen molar-refractivity contribution in [3.63, 3.8) is 0 Å². The molecule has 1 aliphatic carbocycles. The number of guanidine groups is 1. The van der Waals surface area contributed by atoms with Gasteiger partial charge in [-0.05, 0) is 67.9 Å². The van der Waals surface area contributed by atoms with E-state index in [1.54, 1.807) is 0 Å². The van der Waals surface area contributed by atoms with Gasteiger partial charge in [0, 0.05) is 17.9 Å². The molecule has 3 rings (SSSR count). The maximum absolute atomic E-state index is 5.96. The van der Waals surface area contributed by atoms with Crippen LogP contribution in [0.1, 0.15) is 35.2 Å². The van der Waals surface area contributed by atoms with Crippen molar-refractivity contribution >= 4 is 11.6 Å². The summed E-state index contributed by atoms with van der Waals surface area (Å²) in [6.45, 7) is 2.75. The van der Waals surface area contributed by atoms with E-state index in [4.69, 9.17) is 5.73 Å². The van der Waals surface area contributed by atoms with Crippen LogP contribution >= 0.6 is 0 Å². The fraction of sp³-hybridized carbons (Fsp3) is 0.412. The molecule has 0 unspecified atom stereocenters. The molecule has 0 bridgehead atoms. The van der Waals surface area contributed by atoms with Gasteiger partial charge in [0.15, 0.2) is 5.96 Å². The highest BCUT2D eigenvalue weighted by molar-refractivity contribution is 5.92. The highest BCUT2D eigenvalue weighted by atomic mass is 15.1. The summed E-state index contributed by atoms with van der Waals surface area (Å²) in [7, 11) is 0. The molecular formula is C17H23N5. The number of anilines is 1. The van der Waals surface area contributed by atoms with Crippen LogP contribution in [0.3, 0.4) is 0 Å². The summed E-state index contributed by atoms with van der Waals surface area (Å²) < 4.78 is 0. The van der Waals surface area contributed by atoms with Crippen LogP contribution in [0.15, 0.2) is 29.4 Å². The largest absolute Gasteiger partial charge is 0.370 e. The molecule has 5 heteroatoms. The Kier molecular flexibility index (Phi) is 4.42. The first kappa shape index (κ1) is 14.6. The predicted molar refractivity (Wildman–Crippen MR) is 90.2 cm³/mol. The smallest absolute Gasteiger partial charge is 0.193 e. The number of aromatic amines is 1. The lowest BCUT2D eigenvalue weighted by molar-refractivity contribution is 0.828. The van der Waals surface area contributed by atoms with E-state index in [0.717, 1.165) is 24.2 Å². The summed E-state index contributed by atoms with van der Waals surface area (Å²) in [5.41, 5.74) is 12.3. The molecule has 1 heterocycles. The van der Waals surface area contributed by atoms with Crippen LogP contribution in [-0.2, 0) is 19.3 Å². The Bertz CT molecular complexity index is 671. The predicted octanol–water partition coefficient (Wildman–Crippen LogP) is 2.57. The van der Waals surface area contributed by atoms with Crippen LogP contribution < -0.4 is 11.1 Å². The number of aromatic nitrogens is 2. The van der Waals surface area contributed by atoms with Crippen molar-refractivity contribution < 1.29 is 0 Å². The summed E-state index contributed by atoms with van der Waals surface area (Å²) in [5, 5.41) is 10.2. The highest BCUT2D eigenvalue weighted by Gasteiger charge is 2.10. The molecule has 5 nitrogen and oxygen atoms in total. The first-order valence-corrected chi connectivity index (χ1v) is 7.90. The molecule has 116 valence electrons. The Morgan fingerprint density at radius 3 is 3.05 bits per heavy atom. The number of aliphatic imine (C=N–C) groups is 1. The average molecular weight is 297 g/mol. The summed E-state index contributed by atoms with van der Waals surface area (Å²) in [4.78, 5) is 4.39. The number of hydrogen-bond acceptors (Lipinski definition) is 2. The molecule has 0 aliphatic heterocycles. The number of hydrogen-bond donors (Lipinski definition) is 3. The number of aryl methyl sites for hydroxylation is 4. The molecule has 0 radical (unpaired) electrons. The van der Waals surface area contributed by atoms with Crippen molar-refractivity contribution in [3.8, 4) is 0 Å². The third kappa shape index (κ3) is 3.47. The number of benzene rings is 1. The minimum absolute atomic E-state index is 0.488. The lowest BCUT2D eigenvalue weighted by atomic mass is 10.1. The van der Waals surface area contributed by atoms with Gasteiger partial charge in [-0.15, -0.1) is 0 Å². The number of H-pyrrole nitrogens is 1. The van der Waals surface area contributed by atoms with Crippen molar-refractivity contribution in [3.05, 3.63) is 46.8 Å². The molecule has 1 aromatic carbocycles. The molecule has 1 aromatic heterocycles. The van der Waals surface area contributed by atoms with Crippen LogP contribution in [0.2, 0.25) is 0 Å². The SMILES string of the molecule is Cc1[nH]ncc1CCCN=C(N)Nc1ccc2c(c1)CCC2. The van der Waals surface area contributed by atoms with Crippen molar-refractivity contribution in [2.24, 2.45) is 10.7 Å². The van der Waals surface area contributed by atoms with E-state index in [-0.39, 0.29) is 0 Å². The molecule has 0 amide bonds. The van der Waals surface area contributed by atoms with E-state index in [1.807, 2.05) is 13.1 Å². The van der Waals surface area contributed by atoms with Gasteiger partial charge in [0.1, 0.15) is 0 Å². The van der Waals surface area contributed by atoms with E-state index in [2.05, 4.69) is 38.7 Å². The highest BCUT2D eigenvalue weighted by Crippen LogP contribution is 2.24. The van der Waals surface area contributed by atoms with E-state index >= 15 is 0 Å². The van der Waals surface area contributed by atoms with Gasteiger partial charge >= 0.3 is 0 Å². The standard InChI is InChI=1S/C17H23N5/c1-12-15(11-20-22-12)6-3-9-19-17(18)21-16-8-7-13-4-2-5-14(13)10-16/h7-8,10-11H,2-6,9H2,1H3,(H,20,22)(H3,18,19,21). The Morgan fingerprint density at radius 2 is 2.23 bits per heavy atom. The first-order valence-electron chi connectivity index (χ1n) is 7.90. The van der Waals surface area contributed by atoms with Crippen LogP contribution in [0, 0.1) is 6.92 Å². The number of nitrogens with one attached hydrogen (secondary N) is 2. The van der Waals surface area contributed by atoms with Gasteiger partial charge in [0.2, 0.25) is 0 Å². The molecule has 0 saturated carbocycles. The fourth-order valence-corrected chi connectivity index (χ4v) is 2.93. The van der Waals surface area contributed by atoms with E-state index in [1.165, 1.54) is 36.0 Å². The number of rotatable bonds is 5. The molecule has 0 fully saturated rings. The maximum atomic E-state index is 5.96. The maximum Gasteiger partial charge on any atom is 0.193 e. The fourth-order valence-electron chi connectivity index (χ4n) is 2.93. The second-order valence-electron chi connectivity index (χ2n) is 5.85. The Balaban J connectivity index is 1.49. The minimum Gasteiger partial charge on any atom is -0.370 e. The van der Waals surface area contributed by atoms with Crippen molar-refractivity contribution in [1.82, 2.24) is 10.2 Å². The molecule has 0 spiro atoms. The summed E-state index contributed by atoms with van der Waals surface area (Å²) in [5.74, 6) is 0.488. The van der Waals surface area contributed by atoms with Crippen molar-refractivity contribution in [2.45, 2.75) is 39.0 Å². The normalized spacial score (nSPS) is 14.1. The van der Waals surface area contributed by atoms with Gasteiger partial charge in [0.05, 0.1) is 6.20 Å². The van der Waals surface area contributed by atoms with Crippen molar-refractivity contribution in [2.75, 3.05) is 11.9 Å². The van der Waals surface area contributed by atoms with Crippen LogP contribution in [0.4, 0.5) is 5.69 Å². The summed E-state index contributed by atoms with van der Waals surface area (Å²) in [6.07, 6.45) is 7.45. The Hall–Kier alpha value is -2.30. The van der Waals surface area contributed by atoms with E-state index < -0.39 is 0 Å². The zero-order valence-corrected chi connectivity index (χ0v) is 13.0.